The van der Waals surface area contributed by atoms with Crippen LogP contribution in [0.4, 0.5) is 0 Å². The molecule has 2 saturated heterocycles. The van der Waals surface area contributed by atoms with Gasteiger partial charge in [-0.25, -0.2) is 0 Å². The molecule has 9 nitrogen and oxygen atoms in total. The number of carboxylic acids is 1. The maximum Gasteiger partial charge on any atom is 0.325 e. The van der Waals surface area contributed by atoms with Gasteiger partial charge in [-0.3, -0.25) is 34.2 Å². The van der Waals surface area contributed by atoms with Crippen molar-refractivity contribution in [3.8, 4) is 0 Å². The summed E-state index contributed by atoms with van der Waals surface area (Å²) in [6.07, 6.45) is 1.72. The quantitative estimate of drug-likeness (QED) is 0.202. The van der Waals surface area contributed by atoms with Crippen molar-refractivity contribution in [2.24, 2.45) is 11.8 Å². The third-order valence-electron chi connectivity index (χ3n) is 9.50. The summed E-state index contributed by atoms with van der Waals surface area (Å²) >= 11 is 4.85. The minimum absolute atomic E-state index is 0.0295. The number of ketones is 2. The Morgan fingerprint density at radius 3 is 2.28 bits per heavy atom. The Morgan fingerprint density at radius 2 is 1.57 bits per heavy atom. The number of halogens is 1. The third-order valence-corrected chi connectivity index (χ3v) is 11.2. The molecule has 2 amide bonds. The van der Waals surface area contributed by atoms with E-state index in [0.717, 1.165) is 24.5 Å². The Balaban J connectivity index is 1.19. The molecule has 3 aliphatic rings. The fourth-order valence-electron chi connectivity index (χ4n) is 7.40. The topological polar surface area (TPSA) is 137 Å². The van der Waals surface area contributed by atoms with Gasteiger partial charge in [-0.15, -0.1) is 11.3 Å². The summed E-state index contributed by atoms with van der Waals surface area (Å²) in [5.41, 5.74) is 1.38. The van der Waals surface area contributed by atoms with E-state index in [0.29, 0.717) is 22.3 Å². The van der Waals surface area contributed by atoms with Gasteiger partial charge in [0.2, 0.25) is 11.8 Å². The van der Waals surface area contributed by atoms with Crippen molar-refractivity contribution in [3.05, 3.63) is 127 Å². The molecule has 11 heteroatoms. The number of aromatic amines is 1. The number of hydrogen-bond donors (Lipinski definition) is 3. The molecule has 46 heavy (non-hydrogen) atoms. The molecule has 3 N–H and O–H groups in total. The van der Waals surface area contributed by atoms with Crippen molar-refractivity contribution in [2.45, 2.75) is 24.5 Å². The third kappa shape index (κ3) is 4.12. The standard InChI is InChI=1S/C35H24BrN3O6S/c36-26-12-11-25(46-26)29-27-28(35(38-29,34(44)45)14-18-15-37-24-8-4-3-5-19(18)24)33(43)39(32(27)42)16-17-9-10-22-23(13-17)31(41)21-7-2-1-6-20(21)30(22)40/h1-13,15,27-29,37-38H,14,16H2,(H,44,45). The first-order chi connectivity index (χ1) is 22.2. The number of thiophene rings is 1. The predicted octanol–water partition coefficient (Wildman–Crippen LogP) is 5.28. The van der Waals surface area contributed by atoms with Crippen molar-refractivity contribution in [3.63, 3.8) is 0 Å². The lowest BCUT2D eigenvalue weighted by Gasteiger charge is -2.31. The summed E-state index contributed by atoms with van der Waals surface area (Å²) in [5.74, 6) is -5.02. The van der Waals surface area contributed by atoms with E-state index in [4.69, 9.17) is 0 Å². The number of likely N-dealkylation sites (tertiary alicyclic amines) is 1. The number of benzene rings is 3. The highest BCUT2D eigenvalue weighted by Crippen LogP contribution is 2.52. The zero-order valence-electron chi connectivity index (χ0n) is 24.0. The van der Waals surface area contributed by atoms with Crippen LogP contribution < -0.4 is 5.32 Å². The number of fused-ring (bicyclic) bond motifs is 4. The van der Waals surface area contributed by atoms with Gasteiger partial charge < -0.3 is 10.1 Å². The first-order valence-electron chi connectivity index (χ1n) is 14.7. The molecule has 0 spiro atoms. The van der Waals surface area contributed by atoms with E-state index in [-0.39, 0.29) is 35.7 Å². The van der Waals surface area contributed by atoms with E-state index in [9.17, 15) is 29.1 Å². The number of nitrogens with one attached hydrogen (secondary N) is 2. The van der Waals surface area contributed by atoms with Crippen LogP contribution >= 0.6 is 27.3 Å². The molecular weight excluding hydrogens is 670 g/mol. The van der Waals surface area contributed by atoms with Gasteiger partial charge in [0, 0.05) is 50.7 Å². The predicted molar refractivity (Wildman–Crippen MR) is 173 cm³/mol. The largest absolute Gasteiger partial charge is 0.480 e. The number of carboxylic acid groups (broad SMARTS) is 1. The Hall–Kier alpha value is -4.71. The van der Waals surface area contributed by atoms with Crippen LogP contribution in [0.3, 0.4) is 0 Å². The van der Waals surface area contributed by atoms with Gasteiger partial charge in [-0.1, -0.05) is 48.5 Å². The normalized spacial score (nSPS) is 23.6. The highest BCUT2D eigenvalue weighted by molar-refractivity contribution is 9.11. The van der Waals surface area contributed by atoms with Crippen LogP contribution in [0.5, 0.6) is 0 Å². The molecular formula is C35H24BrN3O6S. The molecule has 4 heterocycles. The minimum Gasteiger partial charge on any atom is -0.480 e. The van der Waals surface area contributed by atoms with E-state index in [1.165, 1.54) is 11.3 Å². The summed E-state index contributed by atoms with van der Waals surface area (Å²) in [7, 11) is 0. The number of rotatable bonds is 6. The highest BCUT2D eigenvalue weighted by atomic mass is 79.9. The summed E-state index contributed by atoms with van der Waals surface area (Å²) in [4.78, 5) is 73.4. The van der Waals surface area contributed by atoms with Gasteiger partial charge in [-0.2, -0.15) is 0 Å². The lowest BCUT2D eigenvalue weighted by molar-refractivity contribution is -0.151. The number of aromatic nitrogens is 1. The first kappa shape index (κ1) is 28.7. The molecule has 228 valence electrons. The van der Waals surface area contributed by atoms with Gasteiger partial charge in [-0.05, 0) is 57.4 Å². The van der Waals surface area contributed by atoms with Gasteiger partial charge in [0.05, 0.1) is 28.2 Å². The van der Waals surface area contributed by atoms with Crippen molar-refractivity contribution in [1.29, 1.82) is 0 Å². The molecule has 0 bridgehead atoms. The van der Waals surface area contributed by atoms with Crippen LogP contribution in [0.2, 0.25) is 0 Å². The summed E-state index contributed by atoms with van der Waals surface area (Å²) in [5, 5.41) is 15.0. The lowest BCUT2D eigenvalue weighted by atomic mass is 9.76. The van der Waals surface area contributed by atoms with Crippen molar-refractivity contribution >= 4 is 67.5 Å². The fraction of sp³-hybridized carbons (Fsp3) is 0.171. The van der Waals surface area contributed by atoms with Crippen LogP contribution in [0.1, 0.15) is 53.9 Å². The zero-order chi connectivity index (χ0) is 31.9. The molecule has 4 unspecified atom stereocenters. The lowest BCUT2D eigenvalue weighted by Crippen LogP contribution is -2.57. The minimum atomic E-state index is -1.78. The summed E-state index contributed by atoms with van der Waals surface area (Å²) in [6, 6.07) is 21.9. The molecule has 4 atom stereocenters. The Morgan fingerprint density at radius 1 is 0.870 bits per heavy atom. The molecule has 5 aromatic rings. The molecule has 2 aliphatic heterocycles. The molecule has 0 saturated carbocycles. The van der Waals surface area contributed by atoms with Crippen molar-refractivity contribution in [1.82, 2.24) is 15.2 Å². The van der Waals surface area contributed by atoms with Gasteiger partial charge in [0.15, 0.2) is 11.6 Å². The maximum atomic E-state index is 14.3. The number of nitrogens with zero attached hydrogens (tertiary/aromatic N) is 1. The number of H-pyrrole nitrogens is 1. The number of amides is 2. The SMILES string of the molecule is O=C1c2ccccc2C(=O)c2cc(CN3C(=O)C4C(c5ccc(Br)s5)NC(Cc5c[nH]c6ccccc56)(C(=O)O)C4C3=O)ccc21. The summed E-state index contributed by atoms with van der Waals surface area (Å²) < 4.78 is 0.814. The number of imide groups is 1. The van der Waals surface area contributed by atoms with Crippen LogP contribution in [-0.2, 0) is 27.3 Å². The zero-order valence-corrected chi connectivity index (χ0v) is 26.4. The number of carbonyl (C=O) groups excluding carboxylic acids is 4. The fourth-order valence-corrected chi connectivity index (χ4v) is 8.92. The average molecular weight is 695 g/mol. The van der Waals surface area contributed by atoms with Crippen molar-refractivity contribution < 1.29 is 29.1 Å². The molecule has 0 radical (unpaired) electrons. The van der Waals surface area contributed by atoms with E-state index < -0.39 is 41.2 Å². The monoisotopic (exact) mass is 693 g/mol. The maximum absolute atomic E-state index is 14.3. The van der Waals surface area contributed by atoms with Gasteiger partial charge in [0.1, 0.15) is 5.54 Å². The van der Waals surface area contributed by atoms with Crippen LogP contribution in [0.25, 0.3) is 10.9 Å². The second-order valence-electron chi connectivity index (χ2n) is 11.9. The van der Waals surface area contributed by atoms with Gasteiger partial charge in [0.25, 0.3) is 0 Å². The molecule has 2 fully saturated rings. The van der Waals surface area contributed by atoms with Crippen LogP contribution in [-0.4, -0.2) is 49.9 Å². The number of para-hydroxylation sites is 1. The van der Waals surface area contributed by atoms with E-state index in [1.807, 2.05) is 36.4 Å². The second kappa shape index (κ2) is 10.4. The molecule has 8 rings (SSSR count). The highest BCUT2D eigenvalue weighted by Gasteiger charge is 2.68. The Bertz CT molecular complexity index is 2170. The smallest absolute Gasteiger partial charge is 0.325 e. The van der Waals surface area contributed by atoms with E-state index >= 15 is 0 Å². The van der Waals surface area contributed by atoms with Crippen LogP contribution in [0.15, 0.2) is 88.8 Å². The van der Waals surface area contributed by atoms with E-state index in [1.54, 1.807) is 48.7 Å². The second-order valence-corrected chi connectivity index (χ2v) is 14.4. The molecule has 3 aromatic carbocycles. The van der Waals surface area contributed by atoms with Crippen LogP contribution in [0, 0.1) is 11.8 Å². The molecule has 2 aromatic heterocycles. The Labute approximate surface area is 274 Å². The first-order valence-corrected chi connectivity index (χ1v) is 16.3. The van der Waals surface area contributed by atoms with Gasteiger partial charge >= 0.3 is 5.97 Å². The summed E-state index contributed by atoms with van der Waals surface area (Å²) in [6.45, 7) is -0.162. The van der Waals surface area contributed by atoms with Crippen molar-refractivity contribution in [2.75, 3.05) is 0 Å². The number of hydrogen-bond acceptors (Lipinski definition) is 7. The molecule has 1 aliphatic carbocycles. The number of carbonyl (C=O) groups is 5. The average Bonchev–Trinajstić information content (AvgIpc) is 3.82. The Kier molecular flexibility index (Phi) is 6.51. The van der Waals surface area contributed by atoms with E-state index in [2.05, 4.69) is 26.2 Å². The number of aliphatic carboxylic acids is 1.